The summed E-state index contributed by atoms with van der Waals surface area (Å²) in [5.74, 6) is 0. The summed E-state index contributed by atoms with van der Waals surface area (Å²) < 4.78 is 0. The highest BCUT2D eigenvalue weighted by atomic mass is 28.4. The summed E-state index contributed by atoms with van der Waals surface area (Å²) in [6, 6.07) is 0. The average molecular weight is 175 g/mol. The van der Waals surface area contributed by atoms with Crippen LogP contribution in [0, 0.1) is 0 Å². The van der Waals surface area contributed by atoms with E-state index < -0.39 is 8.32 Å². The predicted octanol–water partition coefficient (Wildman–Crippen LogP) is 0.834. The third-order valence-electron chi connectivity index (χ3n) is 1.71. The van der Waals surface area contributed by atoms with Crippen LogP contribution in [0.5, 0.6) is 0 Å². The van der Waals surface area contributed by atoms with Crippen molar-refractivity contribution in [2.75, 3.05) is 0 Å². The van der Waals surface area contributed by atoms with Crippen molar-refractivity contribution >= 4 is 8.32 Å². The van der Waals surface area contributed by atoms with Gasteiger partial charge in [-0.15, -0.1) is 0 Å². The van der Waals surface area contributed by atoms with Gasteiger partial charge in [0.05, 0.1) is 6.17 Å². The molecule has 0 spiro atoms. The zero-order chi connectivity index (χ0) is 9.07. The van der Waals surface area contributed by atoms with Crippen LogP contribution in [0.3, 0.4) is 0 Å². The lowest BCUT2D eigenvalue weighted by atomic mass is 10.4. The smallest absolute Gasteiger partial charge is 0.247 e. The molecule has 0 heterocycles. The van der Waals surface area contributed by atoms with Gasteiger partial charge in [-0.3, -0.25) is 10.1 Å². The lowest BCUT2D eigenvalue weighted by Gasteiger charge is -2.26. The maximum absolute atomic E-state index is 11.6. The minimum atomic E-state index is -2.29. The molecule has 1 radical (unpaired) electrons. The average Bonchev–Trinajstić information content (AvgIpc) is 1.79. The number of nitrogens with one attached hydrogen (secondary N) is 1. The molecule has 2 unspecified atom stereocenters. The highest BCUT2D eigenvalue weighted by Gasteiger charge is 2.31. The minimum absolute atomic E-state index is 0.0688. The Hall–Kier alpha value is 0.0969. The Morgan fingerprint density at radius 2 is 2.00 bits per heavy atom. The maximum Gasteiger partial charge on any atom is 0.247 e. The van der Waals surface area contributed by atoms with Gasteiger partial charge < -0.3 is 5.73 Å². The highest BCUT2D eigenvalue weighted by molar-refractivity contribution is 6.71. The lowest BCUT2D eigenvalue weighted by molar-refractivity contribution is 0.380. The Bertz CT molecular complexity index is 111. The van der Waals surface area contributed by atoms with Gasteiger partial charge in [0.1, 0.15) is 0 Å². The van der Waals surface area contributed by atoms with E-state index in [1.807, 2.05) is 26.9 Å². The first-order chi connectivity index (χ1) is 4.88. The van der Waals surface area contributed by atoms with Crippen LogP contribution in [0.1, 0.15) is 20.3 Å². The van der Waals surface area contributed by atoms with E-state index in [4.69, 9.17) is 5.73 Å². The second kappa shape index (κ2) is 4.20. The summed E-state index contributed by atoms with van der Waals surface area (Å²) in [5.41, 5.74) is 5.64. The summed E-state index contributed by atoms with van der Waals surface area (Å²) in [7, 11) is -2.29. The Morgan fingerprint density at radius 1 is 1.55 bits per heavy atom. The molecule has 0 fully saturated rings. The monoisotopic (exact) mass is 175 g/mol. The lowest BCUT2D eigenvalue weighted by Crippen LogP contribution is -2.54. The van der Waals surface area contributed by atoms with Crippen molar-refractivity contribution in [1.82, 2.24) is 5.32 Å². The number of nitrogens with two attached hydrogens (primary N) is 1. The molecule has 0 rings (SSSR count). The first-order valence-electron chi connectivity index (χ1n) is 4.10. The van der Waals surface area contributed by atoms with Crippen LogP contribution in [-0.2, 0) is 4.80 Å². The zero-order valence-corrected chi connectivity index (χ0v) is 8.85. The van der Waals surface area contributed by atoms with E-state index >= 15 is 0 Å². The quantitative estimate of drug-likeness (QED) is 0.491. The minimum Gasteiger partial charge on any atom is -0.316 e. The Balaban J connectivity index is 3.96. The molecule has 0 amide bonds. The third-order valence-corrected chi connectivity index (χ3v) is 3.96. The van der Waals surface area contributed by atoms with Crippen LogP contribution in [0.4, 0.5) is 0 Å². The van der Waals surface area contributed by atoms with Crippen LogP contribution in [-0.4, -0.2) is 20.1 Å². The molecule has 3 nitrogen and oxygen atoms in total. The molecule has 0 aliphatic rings. The molecule has 0 saturated heterocycles. The van der Waals surface area contributed by atoms with Gasteiger partial charge in [0.25, 0.3) is 0 Å². The van der Waals surface area contributed by atoms with Gasteiger partial charge >= 0.3 is 0 Å². The van der Waals surface area contributed by atoms with Gasteiger partial charge in [-0.1, -0.05) is 6.92 Å². The van der Waals surface area contributed by atoms with E-state index in [2.05, 4.69) is 5.32 Å². The fraction of sp³-hybridized carbons (Fsp3) is 1.00. The summed E-state index contributed by atoms with van der Waals surface area (Å²) >= 11 is 0. The third kappa shape index (κ3) is 4.52. The standard InChI is InChI=1S/C7H19N2OSi/c1-5-7(9-6(2)8)11(3,4)10/h6-7,9H,5,8H2,1-4H3. The van der Waals surface area contributed by atoms with Crippen molar-refractivity contribution in [2.45, 2.75) is 45.2 Å². The van der Waals surface area contributed by atoms with Crippen LogP contribution in [0.15, 0.2) is 0 Å². The molecule has 0 aliphatic carbocycles. The molecular weight excluding hydrogens is 156 g/mol. The van der Waals surface area contributed by atoms with Crippen molar-refractivity contribution in [1.29, 1.82) is 0 Å². The van der Waals surface area contributed by atoms with E-state index in [0.29, 0.717) is 0 Å². The van der Waals surface area contributed by atoms with Crippen LogP contribution < -0.4 is 11.1 Å². The Morgan fingerprint density at radius 3 is 2.09 bits per heavy atom. The first kappa shape index (κ1) is 11.1. The highest BCUT2D eigenvalue weighted by Crippen LogP contribution is 2.08. The molecular formula is C7H19N2OSi. The first-order valence-corrected chi connectivity index (χ1v) is 7.08. The molecule has 0 aromatic rings. The van der Waals surface area contributed by atoms with Crippen LogP contribution >= 0.6 is 0 Å². The molecule has 3 N–H and O–H groups in total. The van der Waals surface area contributed by atoms with Crippen molar-refractivity contribution in [3.05, 3.63) is 0 Å². The second-order valence-electron chi connectivity index (χ2n) is 3.52. The molecule has 0 aromatic heterocycles. The van der Waals surface area contributed by atoms with Gasteiger partial charge in [0.15, 0.2) is 0 Å². The topological polar surface area (TPSA) is 57.9 Å². The largest absolute Gasteiger partial charge is 0.316 e. The van der Waals surface area contributed by atoms with E-state index in [1.54, 1.807) is 0 Å². The molecule has 0 saturated carbocycles. The number of rotatable bonds is 4. The van der Waals surface area contributed by atoms with Crippen molar-refractivity contribution < 1.29 is 4.80 Å². The SMILES string of the molecule is CCC(NC(C)N)[Si](C)(C)[O]. The normalized spacial score (nSPS) is 18.0. The predicted molar refractivity (Wildman–Crippen MR) is 49.0 cm³/mol. The van der Waals surface area contributed by atoms with Gasteiger partial charge in [-0.2, -0.15) is 0 Å². The van der Waals surface area contributed by atoms with Crippen LogP contribution in [0.25, 0.3) is 0 Å². The van der Waals surface area contributed by atoms with Gasteiger partial charge in [0.2, 0.25) is 8.32 Å². The molecule has 2 atom stereocenters. The van der Waals surface area contributed by atoms with Gasteiger partial charge in [-0.05, 0) is 26.4 Å². The van der Waals surface area contributed by atoms with E-state index in [1.165, 1.54) is 0 Å². The van der Waals surface area contributed by atoms with E-state index in [0.717, 1.165) is 6.42 Å². The van der Waals surface area contributed by atoms with Gasteiger partial charge in [-0.25, -0.2) is 0 Å². The summed E-state index contributed by atoms with van der Waals surface area (Å²) in [4.78, 5) is 11.6. The molecule has 67 valence electrons. The summed E-state index contributed by atoms with van der Waals surface area (Å²) in [5, 5.41) is 3.10. The number of hydrogen-bond acceptors (Lipinski definition) is 2. The summed E-state index contributed by atoms with van der Waals surface area (Å²) in [6.45, 7) is 7.52. The Kier molecular flexibility index (Phi) is 4.24. The maximum atomic E-state index is 11.6. The second-order valence-corrected chi connectivity index (χ2v) is 7.42. The van der Waals surface area contributed by atoms with E-state index in [9.17, 15) is 4.80 Å². The van der Waals surface area contributed by atoms with Crippen molar-refractivity contribution in [2.24, 2.45) is 5.73 Å². The molecule has 0 bridgehead atoms. The fourth-order valence-corrected chi connectivity index (χ4v) is 2.77. The van der Waals surface area contributed by atoms with Gasteiger partial charge in [0, 0.05) is 5.67 Å². The molecule has 11 heavy (non-hydrogen) atoms. The van der Waals surface area contributed by atoms with Crippen molar-refractivity contribution in [3.63, 3.8) is 0 Å². The molecule has 0 aromatic carbocycles. The fourth-order valence-electron chi connectivity index (χ4n) is 1.13. The van der Waals surface area contributed by atoms with Crippen LogP contribution in [0.2, 0.25) is 13.1 Å². The zero-order valence-electron chi connectivity index (χ0n) is 7.85. The Labute approximate surface area is 70.1 Å². The molecule has 0 aliphatic heterocycles. The molecule has 4 heteroatoms. The van der Waals surface area contributed by atoms with Crippen molar-refractivity contribution in [3.8, 4) is 0 Å². The van der Waals surface area contributed by atoms with E-state index in [-0.39, 0.29) is 11.8 Å². The summed E-state index contributed by atoms with van der Waals surface area (Å²) in [6.07, 6.45) is 0.810. The number of hydrogen-bond donors (Lipinski definition) is 2.